The van der Waals surface area contributed by atoms with E-state index in [2.05, 4.69) is 32.8 Å². The maximum Gasteiger partial charge on any atom is 0.115 e. The number of aromatic nitrogens is 2. The van der Waals surface area contributed by atoms with Crippen LogP contribution in [0.3, 0.4) is 0 Å². The van der Waals surface area contributed by atoms with Crippen molar-refractivity contribution in [3.8, 4) is 0 Å². The molecule has 0 saturated carbocycles. The minimum Gasteiger partial charge on any atom is -0.318 e. The predicted molar refractivity (Wildman–Crippen MR) is 87.1 cm³/mol. The highest BCUT2D eigenvalue weighted by atomic mass is 79.9. The summed E-state index contributed by atoms with van der Waals surface area (Å²) < 4.78 is 1.03. The zero-order valence-electron chi connectivity index (χ0n) is 11.2. The molecule has 0 spiro atoms. The number of pyridine rings is 1. The number of fused-ring (bicyclic) bond motifs is 1. The lowest BCUT2D eigenvalue weighted by atomic mass is 10.0. The van der Waals surface area contributed by atoms with Crippen LogP contribution >= 0.6 is 27.3 Å². The highest BCUT2D eigenvalue weighted by Crippen LogP contribution is 2.32. The molecular formula is C15H14BrN3S. The number of rotatable bonds is 2. The van der Waals surface area contributed by atoms with E-state index in [-0.39, 0.29) is 6.04 Å². The number of nitrogens with two attached hydrogens (primary N) is 1. The summed E-state index contributed by atoms with van der Waals surface area (Å²) in [7, 11) is 0. The molecule has 1 unspecified atom stereocenters. The normalized spacial score (nSPS) is 12.8. The summed E-state index contributed by atoms with van der Waals surface area (Å²) in [6.45, 7) is 4.08. The van der Waals surface area contributed by atoms with Gasteiger partial charge >= 0.3 is 0 Å². The van der Waals surface area contributed by atoms with Crippen molar-refractivity contribution in [1.29, 1.82) is 0 Å². The van der Waals surface area contributed by atoms with Gasteiger partial charge in [-0.1, -0.05) is 28.1 Å². The molecular weight excluding hydrogens is 334 g/mol. The summed E-state index contributed by atoms with van der Waals surface area (Å²) in [5.74, 6) is 0. The summed E-state index contributed by atoms with van der Waals surface area (Å²) in [4.78, 5) is 10.3. The van der Waals surface area contributed by atoms with Crippen LogP contribution in [0.5, 0.6) is 0 Å². The zero-order chi connectivity index (χ0) is 14.3. The molecule has 0 amide bonds. The standard InChI is InChI=1S/C15H14BrN3S/c1-8-9(2)20-15(19-8)13(17)11-5-6-12(16)10-4-3-7-18-14(10)11/h3-7,13H,17H2,1-2H3. The molecule has 0 radical (unpaired) electrons. The van der Waals surface area contributed by atoms with Crippen molar-refractivity contribution in [3.63, 3.8) is 0 Å². The van der Waals surface area contributed by atoms with Crippen LogP contribution in [0.4, 0.5) is 0 Å². The van der Waals surface area contributed by atoms with Crippen LogP contribution in [0.1, 0.15) is 27.2 Å². The molecule has 0 fully saturated rings. The Labute approximate surface area is 130 Å². The lowest BCUT2D eigenvalue weighted by Gasteiger charge is -2.12. The van der Waals surface area contributed by atoms with Gasteiger partial charge in [-0.2, -0.15) is 0 Å². The van der Waals surface area contributed by atoms with E-state index in [1.54, 1.807) is 17.5 Å². The van der Waals surface area contributed by atoms with E-state index in [1.807, 2.05) is 31.2 Å². The van der Waals surface area contributed by atoms with Crippen LogP contribution < -0.4 is 5.73 Å². The Bertz CT molecular complexity index is 762. The van der Waals surface area contributed by atoms with E-state index in [4.69, 9.17) is 5.73 Å². The van der Waals surface area contributed by atoms with Gasteiger partial charge in [0.05, 0.1) is 17.3 Å². The third kappa shape index (κ3) is 2.26. The van der Waals surface area contributed by atoms with Crippen molar-refractivity contribution in [2.24, 2.45) is 5.73 Å². The molecule has 0 aliphatic rings. The van der Waals surface area contributed by atoms with Crippen LogP contribution in [0, 0.1) is 13.8 Å². The van der Waals surface area contributed by atoms with Crippen LogP contribution in [0.15, 0.2) is 34.9 Å². The quantitative estimate of drug-likeness (QED) is 0.758. The molecule has 20 heavy (non-hydrogen) atoms. The van der Waals surface area contributed by atoms with E-state index < -0.39 is 0 Å². The highest BCUT2D eigenvalue weighted by Gasteiger charge is 2.18. The Hall–Kier alpha value is -1.30. The number of halogens is 1. The van der Waals surface area contributed by atoms with E-state index in [1.165, 1.54) is 4.88 Å². The van der Waals surface area contributed by atoms with Gasteiger partial charge in [0.1, 0.15) is 5.01 Å². The molecule has 3 aromatic rings. The highest BCUT2D eigenvalue weighted by molar-refractivity contribution is 9.10. The van der Waals surface area contributed by atoms with E-state index in [0.29, 0.717) is 0 Å². The van der Waals surface area contributed by atoms with Crippen molar-refractivity contribution < 1.29 is 0 Å². The monoisotopic (exact) mass is 347 g/mol. The smallest absolute Gasteiger partial charge is 0.115 e. The summed E-state index contributed by atoms with van der Waals surface area (Å²) in [6.07, 6.45) is 1.79. The largest absolute Gasteiger partial charge is 0.318 e. The van der Waals surface area contributed by atoms with Gasteiger partial charge in [0.2, 0.25) is 0 Å². The second kappa shape index (κ2) is 5.24. The Morgan fingerprint density at radius 2 is 2.05 bits per heavy atom. The molecule has 102 valence electrons. The first-order chi connectivity index (χ1) is 9.58. The molecule has 2 N–H and O–H groups in total. The fourth-order valence-electron chi connectivity index (χ4n) is 2.17. The average Bonchev–Trinajstić information content (AvgIpc) is 2.79. The fraction of sp³-hybridized carbons (Fsp3) is 0.200. The van der Waals surface area contributed by atoms with Gasteiger partial charge in [-0.25, -0.2) is 4.98 Å². The molecule has 3 rings (SSSR count). The third-order valence-corrected chi connectivity index (χ3v) is 5.24. The number of hydrogen-bond acceptors (Lipinski definition) is 4. The molecule has 5 heteroatoms. The Kier molecular flexibility index (Phi) is 3.58. The lowest BCUT2D eigenvalue weighted by Crippen LogP contribution is -2.12. The maximum absolute atomic E-state index is 6.41. The Balaban J connectivity index is 2.17. The summed E-state index contributed by atoms with van der Waals surface area (Å²) in [5, 5.41) is 2.01. The van der Waals surface area contributed by atoms with Crippen molar-refractivity contribution >= 4 is 38.2 Å². The van der Waals surface area contributed by atoms with Gasteiger partial charge in [0, 0.05) is 26.5 Å². The second-order valence-electron chi connectivity index (χ2n) is 4.71. The number of benzene rings is 1. The van der Waals surface area contributed by atoms with Crippen molar-refractivity contribution in [2.75, 3.05) is 0 Å². The molecule has 0 aliphatic heterocycles. The minimum atomic E-state index is -0.238. The van der Waals surface area contributed by atoms with Gasteiger partial charge in [0.15, 0.2) is 0 Å². The topological polar surface area (TPSA) is 51.8 Å². The molecule has 1 aromatic carbocycles. The third-order valence-electron chi connectivity index (χ3n) is 3.39. The van der Waals surface area contributed by atoms with E-state index in [0.717, 1.165) is 31.6 Å². The molecule has 2 heterocycles. The van der Waals surface area contributed by atoms with Gasteiger partial charge in [-0.3, -0.25) is 4.98 Å². The van der Waals surface area contributed by atoms with Crippen LogP contribution in [0.2, 0.25) is 0 Å². The van der Waals surface area contributed by atoms with E-state index in [9.17, 15) is 0 Å². The molecule has 1 atom stereocenters. The maximum atomic E-state index is 6.41. The zero-order valence-corrected chi connectivity index (χ0v) is 13.6. The van der Waals surface area contributed by atoms with Gasteiger partial charge in [-0.05, 0) is 26.0 Å². The minimum absolute atomic E-state index is 0.238. The van der Waals surface area contributed by atoms with Gasteiger partial charge in [-0.15, -0.1) is 11.3 Å². The first-order valence-electron chi connectivity index (χ1n) is 6.30. The number of hydrogen-bond donors (Lipinski definition) is 1. The SMILES string of the molecule is Cc1nc(C(N)c2ccc(Br)c3cccnc23)sc1C. The molecule has 0 aliphatic carbocycles. The first kappa shape index (κ1) is 13.7. The predicted octanol–water partition coefficient (Wildman–Crippen LogP) is 4.12. The summed E-state index contributed by atoms with van der Waals surface area (Å²) in [5.41, 5.74) is 9.40. The first-order valence-corrected chi connectivity index (χ1v) is 7.91. The molecule has 2 aromatic heterocycles. The fourth-order valence-corrected chi connectivity index (χ4v) is 3.57. The van der Waals surface area contributed by atoms with Gasteiger partial charge < -0.3 is 5.73 Å². The van der Waals surface area contributed by atoms with Crippen molar-refractivity contribution in [2.45, 2.75) is 19.9 Å². The Morgan fingerprint density at radius 1 is 1.25 bits per heavy atom. The van der Waals surface area contributed by atoms with Gasteiger partial charge in [0.25, 0.3) is 0 Å². The lowest BCUT2D eigenvalue weighted by molar-refractivity contribution is 0.857. The van der Waals surface area contributed by atoms with Crippen LogP contribution in [-0.4, -0.2) is 9.97 Å². The number of aryl methyl sites for hydroxylation is 2. The average molecular weight is 348 g/mol. The van der Waals surface area contributed by atoms with E-state index >= 15 is 0 Å². The molecule has 0 saturated heterocycles. The summed E-state index contributed by atoms with van der Waals surface area (Å²) >= 11 is 5.21. The van der Waals surface area contributed by atoms with Crippen LogP contribution in [-0.2, 0) is 0 Å². The van der Waals surface area contributed by atoms with Crippen molar-refractivity contribution in [1.82, 2.24) is 9.97 Å². The summed E-state index contributed by atoms with van der Waals surface area (Å²) in [6, 6.07) is 7.78. The second-order valence-corrected chi connectivity index (χ2v) is 6.80. The number of thiazole rings is 1. The Morgan fingerprint density at radius 3 is 2.75 bits per heavy atom. The van der Waals surface area contributed by atoms with Crippen molar-refractivity contribution in [3.05, 3.63) is 56.1 Å². The van der Waals surface area contributed by atoms with Crippen LogP contribution in [0.25, 0.3) is 10.9 Å². The number of nitrogens with zero attached hydrogens (tertiary/aromatic N) is 2. The molecule has 3 nitrogen and oxygen atoms in total. The molecule has 0 bridgehead atoms.